The molecule has 16 heavy (non-hydrogen) atoms. The van der Waals surface area contributed by atoms with Crippen molar-refractivity contribution in [3.63, 3.8) is 0 Å². The molecule has 5 nitrogen and oxygen atoms in total. The largest absolute Gasteiger partial charge is 0.306 e. The molecule has 2 heterocycles. The van der Waals surface area contributed by atoms with E-state index >= 15 is 0 Å². The molecule has 0 radical (unpaired) electrons. The van der Waals surface area contributed by atoms with Crippen LogP contribution in [0.5, 0.6) is 0 Å². The third-order valence-electron chi connectivity index (χ3n) is 2.58. The van der Waals surface area contributed by atoms with Crippen LogP contribution in [0.3, 0.4) is 0 Å². The van der Waals surface area contributed by atoms with Gasteiger partial charge < -0.3 is 4.90 Å². The normalized spacial score (nSPS) is 22.2. The number of hydrogen-bond acceptors (Lipinski definition) is 4. The molecule has 1 aromatic rings. The first-order valence-corrected chi connectivity index (χ1v) is 4.99. The SMILES string of the molecule is O=C1C2NN=CN2C=CN1c1ccccc1. The van der Waals surface area contributed by atoms with Crippen LogP contribution in [0.2, 0.25) is 0 Å². The summed E-state index contributed by atoms with van der Waals surface area (Å²) in [5.41, 5.74) is 3.62. The fourth-order valence-electron chi connectivity index (χ4n) is 1.76. The molecule has 0 aromatic heterocycles. The zero-order valence-corrected chi connectivity index (χ0v) is 8.45. The van der Waals surface area contributed by atoms with E-state index in [1.54, 1.807) is 22.3 Å². The molecule has 1 aromatic carbocycles. The smallest absolute Gasteiger partial charge is 0.276 e. The van der Waals surface area contributed by atoms with Gasteiger partial charge in [0.25, 0.3) is 5.91 Å². The lowest BCUT2D eigenvalue weighted by Crippen LogP contribution is -2.51. The van der Waals surface area contributed by atoms with Crippen LogP contribution in [0.4, 0.5) is 5.69 Å². The van der Waals surface area contributed by atoms with Crippen molar-refractivity contribution in [1.82, 2.24) is 10.3 Å². The molecular formula is C11H10N4O. The van der Waals surface area contributed by atoms with Gasteiger partial charge in [-0.1, -0.05) is 18.2 Å². The van der Waals surface area contributed by atoms with Gasteiger partial charge in [0.15, 0.2) is 0 Å². The third-order valence-corrected chi connectivity index (χ3v) is 2.58. The van der Waals surface area contributed by atoms with Gasteiger partial charge in [0.2, 0.25) is 6.17 Å². The predicted octanol–water partition coefficient (Wildman–Crippen LogP) is 0.679. The summed E-state index contributed by atoms with van der Waals surface area (Å²) in [6.45, 7) is 0. The van der Waals surface area contributed by atoms with Gasteiger partial charge in [0.1, 0.15) is 6.34 Å². The van der Waals surface area contributed by atoms with Crippen LogP contribution in [0.1, 0.15) is 0 Å². The first-order valence-electron chi connectivity index (χ1n) is 4.99. The number of anilines is 1. The Morgan fingerprint density at radius 3 is 2.81 bits per heavy atom. The highest BCUT2D eigenvalue weighted by Crippen LogP contribution is 2.20. The van der Waals surface area contributed by atoms with Gasteiger partial charge in [-0.2, -0.15) is 5.10 Å². The fourth-order valence-corrected chi connectivity index (χ4v) is 1.76. The van der Waals surface area contributed by atoms with Gasteiger partial charge in [0, 0.05) is 18.1 Å². The molecule has 80 valence electrons. The molecule has 3 rings (SSSR count). The molecule has 0 saturated carbocycles. The molecule has 0 aliphatic carbocycles. The maximum atomic E-state index is 12.1. The molecule has 1 N–H and O–H groups in total. The van der Waals surface area contributed by atoms with Crippen LogP contribution >= 0.6 is 0 Å². The van der Waals surface area contributed by atoms with Crippen LogP contribution in [-0.2, 0) is 4.79 Å². The molecule has 5 heteroatoms. The van der Waals surface area contributed by atoms with Gasteiger partial charge in [-0.05, 0) is 12.1 Å². The summed E-state index contributed by atoms with van der Waals surface area (Å²) in [5, 5.41) is 3.86. The average molecular weight is 214 g/mol. The van der Waals surface area contributed by atoms with Gasteiger partial charge in [-0.25, -0.2) is 0 Å². The molecule has 2 aliphatic rings. The second kappa shape index (κ2) is 3.37. The molecule has 0 fully saturated rings. The standard InChI is InChI=1S/C11H10N4O/c16-11-10-13-12-8-14(10)6-7-15(11)9-4-2-1-3-5-9/h1-8,10,13H. The summed E-state index contributed by atoms with van der Waals surface area (Å²) in [5.74, 6) is -0.0359. The number of fused-ring (bicyclic) bond motifs is 1. The van der Waals surface area contributed by atoms with E-state index in [1.807, 2.05) is 36.5 Å². The topological polar surface area (TPSA) is 47.9 Å². The number of amides is 1. The van der Waals surface area contributed by atoms with Crippen molar-refractivity contribution < 1.29 is 4.79 Å². The number of hydrogen-bond donors (Lipinski definition) is 1. The Morgan fingerprint density at radius 2 is 2.00 bits per heavy atom. The summed E-state index contributed by atoms with van der Waals surface area (Å²) in [7, 11) is 0. The van der Waals surface area contributed by atoms with E-state index in [2.05, 4.69) is 10.5 Å². The molecule has 1 unspecified atom stereocenters. The van der Waals surface area contributed by atoms with Gasteiger partial charge >= 0.3 is 0 Å². The molecular weight excluding hydrogens is 204 g/mol. The molecule has 2 aliphatic heterocycles. The minimum atomic E-state index is -0.412. The lowest BCUT2D eigenvalue weighted by atomic mass is 10.2. The van der Waals surface area contributed by atoms with Crippen molar-refractivity contribution in [3.8, 4) is 0 Å². The summed E-state index contributed by atoms with van der Waals surface area (Å²) in [6, 6.07) is 9.52. The third kappa shape index (κ3) is 1.25. The monoisotopic (exact) mass is 214 g/mol. The van der Waals surface area contributed by atoms with Gasteiger partial charge in [-0.15, -0.1) is 0 Å². The Hall–Kier alpha value is -2.30. The Morgan fingerprint density at radius 1 is 1.19 bits per heavy atom. The van der Waals surface area contributed by atoms with Gasteiger partial charge in [-0.3, -0.25) is 15.1 Å². The van der Waals surface area contributed by atoms with Crippen LogP contribution < -0.4 is 10.3 Å². The fraction of sp³-hybridized carbons (Fsp3) is 0.0909. The first-order chi connectivity index (χ1) is 7.86. The van der Waals surface area contributed by atoms with E-state index in [-0.39, 0.29) is 5.91 Å². The van der Waals surface area contributed by atoms with Gasteiger partial charge in [0.05, 0.1) is 0 Å². The number of rotatable bonds is 1. The maximum absolute atomic E-state index is 12.1. The van der Waals surface area contributed by atoms with Crippen LogP contribution in [0.25, 0.3) is 0 Å². The van der Waals surface area contributed by atoms with E-state index < -0.39 is 6.17 Å². The zero-order valence-electron chi connectivity index (χ0n) is 8.45. The summed E-state index contributed by atoms with van der Waals surface area (Å²) in [4.78, 5) is 15.4. The minimum absolute atomic E-state index is 0.0359. The number of carbonyl (C=O) groups is 1. The quantitative estimate of drug-likeness (QED) is 0.747. The molecule has 0 spiro atoms. The van der Waals surface area contributed by atoms with E-state index in [0.717, 1.165) is 5.69 Å². The number of nitrogens with zero attached hydrogens (tertiary/aromatic N) is 3. The lowest BCUT2D eigenvalue weighted by Gasteiger charge is -2.30. The second-order valence-electron chi connectivity index (χ2n) is 3.57. The van der Waals surface area contributed by atoms with E-state index in [1.165, 1.54) is 0 Å². The minimum Gasteiger partial charge on any atom is -0.306 e. The molecule has 0 saturated heterocycles. The summed E-state index contributed by atoms with van der Waals surface area (Å²) < 4.78 is 0. The average Bonchev–Trinajstić information content (AvgIpc) is 2.80. The Labute approximate surface area is 92.7 Å². The number of hydrazone groups is 1. The van der Waals surface area contributed by atoms with Crippen molar-refractivity contribution in [2.45, 2.75) is 6.17 Å². The number of para-hydroxylation sites is 1. The summed E-state index contributed by atoms with van der Waals surface area (Å²) >= 11 is 0. The van der Waals surface area contributed by atoms with Crippen molar-refractivity contribution in [2.24, 2.45) is 5.10 Å². The number of benzene rings is 1. The highest BCUT2D eigenvalue weighted by molar-refractivity contribution is 6.01. The zero-order chi connectivity index (χ0) is 11.0. The number of carbonyl (C=O) groups excluding carboxylic acids is 1. The van der Waals surface area contributed by atoms with Crippen LogP contribution in [0, 0.1) is 0 Å². The second-order valence-corrected chi connectivity index (χ2v) is 3.57. The van der Waals surface area contributed by atoms with E-state index in [4.69, 9.17) is 0 Å². The van der Waals surface area contributed by atoms with Crippen LogP contribution in [0.15, 0.2) is 47.8 Å². The highest BCUT2D eigenvalue weighted by atomic mass is 16.2. The lowest BCUT2D eigenvalue weighted by molar-refractivity contribution is -0.122. The summed E-state index contributed by atoms with van der Waals surface area (Å²) in [6.07, 6.45) is 4.75. The molecule has 1 amide bonds. The van der Waals surface area contributed by atoms with Crippen LogP contribution in [-0.4, -0.2) is 23.3 Å². The molecule has 1 atom stereocenters. The van der Waals surface area contributed by atoms with Crippen molar-refractivity contribution in [3.05, 3.63) is 42.7 Å². The van der Waals surface area contributed by atoms with E-state index in [0.29, 0.717) is 0 Å². The number of nitrogens with one attached hydrogen (secondary N) is 1. The van der Waals surface area contributed by atoms with Crippen molar-refractivity contribution in [1.29, 1.82) is 0 Å². The Balaban J connectivity index is 1.94. The predicted molar refractivity (Wildman–Crippen MR) is 60.3 cm³/mol. The highest BCUT2D eigenvalue weighted by Gasteiger charge is 2.33. The molecule has 0 bridgehead atoms. The maximum Gasteiger partial charge on any atom is 0.276 e. The van der Waals surface area contributed by atoms with Crippen molar-refractivity contribution >= 4 is 17.9 Å². The Bertz CT molecular complexity index is 468. The van der Waals surface area contributed by atoms with E-state index in [9.17, 15) is 4.79 Å². The Kier molecular flexibility index (Phi) is 1.89. The first kappa shape index (κ1) is 8.96. The van der Waals surface area contributed by atoms with Crippen molar-refractivity contribution in [2.75, 3.05) is 4.90 Å².